The zero-order chi connectivity index (χ0) is 15.4. The van der Waals surface area contributed by atoms with Crippen molar-refractivity contribution in [2.24, 2.45) is 0 Å². The van der Waals surface area contributed by atoms with Gasteiger partial charge in [0.25, 0.3) is 0 Å². The van der Waals surface area contributed by atoms with Crippen LogP contribution in [-0.2, 0) is 0 Å². The van der Waals surface area contributed by atoms with E-state index in [0.717, 1.165) is 33.5 Å². The minimum atomic E-state index is -0.569. The van der Waals surface area contributed by atoms with Gasteiger partial charge in [-0.2, -0.15) is 0 Å². The van der Waals surface area contributed by atoms with Gasteiger partial charge < -0.3 is 5.32 Å². The monoisotopic (exact) mass is 417 g/mol. The molecule has 1 N–H and O–H groups in total. The smallest absolute Gasteiger partial charge is 0.131 e. The highest BCUT2D eigenvalue weighted by atomic mass is 79.9. The summed E-state index contributed by atoms with van der Waals surface area (Å²) in [7, 11) is 0. The topological polar surface area (TPSA) is 12.0 Å². The summed E-state index contributed by atoms with van der Waals surface area (Å²) in [5, 5.41) is 3.31. The fraction of sp³-hybridized carbons (Fsp3) is 0.250. The van der Waals surface area contributed by atoms with Crippen molar-refractivity contribution in [1.82, 2.24) is 5.32 Å². The van der Waals surface area contributed by atoms with Crippen molar-refractivity contribution in [3.05, 3.63) is 68.1 Å². The molecule has 0 aliphatic heterocycles. The van der Waals surface area contributed by atoms with Crippen molar-refractivity contribution < 1.29 is 8.78 Å². The number of hydrogen-bond acceptors (Lipinski definition) is 1. The molecular formula is C16H15Br2F2N. The first kappa shape index (κ1) is 16.6. The normalized spacial score (nSPS) is 12.4. The molecule has 0 amide bonds. The average Bonchev–Trinajstić information content (AvgIpc) is 2.40. The Morgan fingerprint density at radius 2 is 1.71 bits per heavy atom. The van der Waals surface area contributed by atoms with E-state index < -0.39 is 11.6 Å². The molecule has 1 atom stereocenters. The van der Waals surface area contributed by atoms with Crippen LogP contribution in [0.2, 0.25) is 0 Å². The summed E-state index contributed by atoms with van der Waals surface area (Å²) >= 11 is 6.88. The van der Waals surface area contributed by atoms with Crippen LogP contribution in [-0.4, -0.2) is 6.54 Å². The molecular weight excluding hydrogens is 404 g/mol. The predicted molar refractivity (Wildman–Crippen MR) is 88.3 cm³/mol. The van der Waals surface area contributed by atoms with Crippen molar-refractivity contribution in [1.29, 1.82) is 0 Å². The van der Waals surface area contributed by atoms with E-state index >= 15 is 0 Å². The Morgan fingerprint density at radius 1 is 1.05 bits per heavy atom. The molecule has 0 fully saturated rings. The second-order valence-electron chi connectivity index (χ2n) is 4.76. The van der Waals surface area contributed by atoms with Gasteiger partial charge in [-0.3, -0.25) is 0 Å². The molecule has 0 bridgehead atoms. The second-order valence-corrected chi connectivity index (χ2v) is 6.59. The molecule has 0 radical (unpaired) electrons. The maximum atomic E-state index is 14.1. The van der Waals surface area contributed by atoms with Gasteiger partial charge in [-0.25, -0.2) is 8.78 Å². The summed E-state index contributed by atoms with van der Waals surface area (Å²) in [4.78, 5) is 0. The van der Waals surface area contributed by atoms with Gasteiger partial charge in [0.15, 0.2) is 0 Å². The largest absolute Gasteiger partial charge is 0.306 e. The van der Waals surface area contributed by atoms with Crippen molar-refractivity contribution in [3.63, 3.8) is 0 Å². The number of rotatable bonds is 5. The molecule has 2 aromatic rings. The minimum absolute atomic E-state index is 0.320. The van der Waals surface area contributed by atoms with Gasteiger partial charge in [-0.05, 0) is 42.8 Å². The molecule has 0 saturated heterocycles. The Kier molecular flexibility index (Phi) is 5.90. The van der Waals surface area contributed by atoms with Gasteiger partial charge in [0, 0.05) is 20.6 Å². The molecule has 0 aromatic heterocycles. The lowest BCUT2D eigenvalue weighted by atomic mass is 9.98. The van der Waals surface area contributed by atoms with Crippen LogP contribution in [0.5, 0.6) is 0 Å². The number of halogens is 4. The molecule has 0 aliphatic carbocycles. The van der Waals surface area contributed by atoms with E-state index in [9.17, 15) is 8.78 Å². The zero-order valence-corrected chi connectivity index (χ0v) is 14.6. The Balaban J connectivity index is 2.46. The molecule has 1 nitrogen and oxygen atoms in total. The Hall–Kier alpha value is -0.780. The van der Waals surface area contributed by atoms with Gasteiger partial charge in [0.1, 0.15) is 11.6 Å². The van der Waals surface area contributed by atoms with Gasteiger partial charge in [0.2, 0.25) is 0 Å². The standard InChI is InChI=1S/C16H15Br2F2N/c1-2-5-21-16(10-6-11(17)8-12(18)7-10)14-4-3-13(19)9-15(14)20/h3-4,6-9,16,21H,2,5H2,1H3. The lowest BCUT2D eigenvalue weighted by molar-refractivity contribution is 0.532. The second kappa shape index (κ2) is 7.47. The molecule has 2 aromatic carbocycles. The molecule has 0 saturated carbocycles. The summed E-state index contributed by atoms with van der Waals surface area (Å²) < 4.78 is 29.0. The van der Waals surface area contributed by atoms with E-state index in [1.165, 1.54) is 12.1 Å². The molecule has 1 unspecified atom stereocenters. The molecule has 112 valence electrons. The van der Waals surface area contributed by atoms with Crippen molar-refractivity contribution >= 4 is 31.9 Å². The first-order valence-electron chi connectivity index (χ1n) is 6.65. The molecule has 2 rings (SSSR count). The van der Waals surface area contributed by atoms with Crippen LogP contribution in [0, 0.1) is 11.6 Å². The molecule has 5 heteroatoms. The van der Waals surface area contributed by atoms with E-state index in [1.807, 2.05) is 25.1 Å². The van der Waals surface area contributed by atoms with Crippen LogP contribution in [0.3, 0.4) is 0 Å². The number of benzene rings is 2. The minimum Gasteiger partial charge on any atom is -0.306 e. The predicted octanol–water partition coefficient (Wildman–Crippen LogP) is 5.58. The summed E-state index contributed by atoms with van der Waals surface area (Å²) in [6, 6.07) is 9.16. The van der Waals surface area contributed by atoms with E-state index in [0.29, 0.717) is 5.56 Å². The van der Waals surface area contributed by atoms with E-state index in [2.05, 4.69) is 37.2 Å². The first-order valence-corrected chi connectivity index (χ1v) is 8.24. The Morgan fingerprint density at radius 3 is 2.29 bits per heavy atom. The maximum absolute atomic E-state index is 14.1. The third kappa shape index (κ3) is 4.34. The molecule has 0 aliphatic rings. The SMILES string of the molecule is CCCNC(c1cc(Br)cc(Br)c1)c1ccc(F)cc1F. The summed E-state index contributed by atoms with van der Waals surface area (Å²) in [6.07, 6.45) is 0.925. The van der Waals surface area contributed by atoms with Crippen LogP contribution in [0.4, 0.5) is 8.78 Å². The Labute approximate surface area is 140 Å². The average molecular weight is 419 g/mol. The zero-order valence-electron chi connectivity index (χ0n) is 11.5. The van der Waals surface area contributed by atoms with Crippen LogP contribution in [0.15, 0.2) is 45.3 Å². The number of hydrogen-bond donors (Lipinski definition) is 1. The summed E-state index contributed by atoms with van der Waals surface area (Å²) in [6.45, 7) is 2.79. The van der Waals surface area contributed by atoms with Gasteiger partial charge >= 0.3 is 0 Å². The lowest BCUT2D eigenvalue weighted by Gasteiger charge is -2.21. The van der Waals surface area contributed by atoms with Gasteiger partial charge in [-0.15, -0.1) is 0 Å². The molecule has 0 spiro atoms. The van der Waals surface area contributed by atoms with E-state index in [1.54, 1.807) is 0 Å². The summed E-state index contributed by atoms with van der Waals surface area (Å²) in [5.41, 5.74) is 1.35. The fourth-order valence-electron chi connectivity index (χ4n) is 2.17. The van der Waals surface area contributed by atoms with Crippen LogP contribution in [0.25, 0.3) is 0 Å². The molecule has 0 heterocycles. The maximum Gasteiger partial charge on any atom is 0.131 e. The molecule has 21 heavy (non-hydrogen) atoms. The highest BCUT2D eigenvalue weighted by molar-refractivity contribution is 9.11. The summed E-state index contributed by atoms with van der Waals surface area (Å²) in [5.74, 6) is -1.11. The third-order valence-corrected chi connectivity index (χ3v) is 4.01. The lowest BCUT2D eigenvalue weighted by Crippen LogP contribution is -2.24. The Bertz CT molecular complexity index is 611. The van der Waals surface area contributed by atoms with Crippen LogP contribution in [0.1, 0.15) is 30.5 Å². The number of nitrogens with one attached hydrogen (secondary N) is 1. The van der Waals surface area contributed by atoms with Crippen LogP contribution < -0.4 is 5.32 Å². The first-order chi connectivity index (χ1) is 10.0. The van der Waals surface area contributed by atoms with Crippen molar-refractivity contribution in [3.8, 4) is 0 Å². The highest BCUT2D eigenvalue weighted by Gasteiger charge is 2.18. The van der Waals surface area contributed by atoms with E-state index in [4.69, 9.17) is 0 Å². The van der Waals surface area contributed by atoms with Crippen molar-refractivity contribution in [2.45, 2.75) is 19.4 Å². The fourth-order valence-corrected chi connectivity index (χ4v) is 3.50. The quantitative estimate of drug-likeness (QED) is 0.668. The van der Waals surface area contributed by atoms with E-state index in [-0.39, 0.29) is 6.04 Å². The van der Waals surface area contributed by atoms with Crippen LogP contribution >= 0.6 is 31.9 Å². The van der Waals surface area contributed by atoms with Crippen molar-refractivity contribution in [2.75, 3.05) is 6.54 Å². The van der Waals surface area contributed by atoms with Gasteiger partial charge in [-0.1, -0.05) is 44.8 Å². The highest BCUT2D eigenvalue weighted by Crippen LogP contribution is 2.29. The third-order valence-electron chi connectivity index (χ3n) is 3.09. The van der Waals surface area contributed by atoms with Gasteiger partial charge in [0.05, 0.1) is 6.04 Å².